The van der Waals surface area contributed by atoms with E-state index >= 15 is 0 Å². The van der Waals surface area contributed by atoms with Crippen LogP contribution in [-0.4, -0.2) is 33.7 Å². The molecule has 0 aliphatic carbocycles. The average molecular weight is 283 g/mol. The Bertz CT molecular complexity index is 544. The minimum absolute atomic E-state index is 0.243. The Labute approximate surface area is 100 Å². The second-order valence-corrected chi connectivity index (χ2v) is 4.79. The molecule has 0 saturated carbocycles. The highest BCUT2D eigenvalue weighted by atomic mass is 79.9. The zero-order valence-corrected chi connectivity index (χ0v) is 10.1. The first-order valence-corrected chi connectivity index (χ1v) is 5.75. The van der Waals surface area contributed by atoms with Gasteiger partial charge in [0.15, 0.2) is 5.65 Å². The van der Waals surface area contributed by atoms with E-state index in [9.17, 15) is 0 Å². The van der Waals surface area contributed by atoms with Crippen molar-refractivity contribution >= 4 is 33.2 Å². The summed E-state index contributed by atoms with van der Waals surface area (Å²) in [5.74, 6) is 1.43. The quantitative estimate of drug-likeness (QED) is 0.782. The van der Waals surface area contributed by atoms with Crippen LogP contribution in [0.5, 0.6) is 0 Å². The van der Waals surface area contributed by atoms with Gasteiger partial charge >= 0.3 is 0 Å². The van der Waals surface area contributed by atoms with E-state index in [-0.39, 0.29) is 6.04 Å². The number of halogens is 1. The van der Waals surface area contributed by atoms with E-state index in [0.29, 0.717) is 5.82 Å². The summed E-state index contributed by atoms with van der Waals surface area (Å²) in [6.45, 7) is 1.66. The van der Waals surface area contributed by atoms with Crippen molar-refractivity contribution in [3.05, 3.63) is 16.7 Å². The lowest BCUT2D eigenvalue weighted by Crippen LogP contribution is -2.56. The molecule has 1 aliphatic rings. The van der Waals surface area contributed by atoms with Crippen LogP contribution in [0.15, 0.2) is 16.7 Å². The number of hydrogen-bond acceptors (Lipinski definition) is 5. The fourth-order valence-corrected chi connectivity index (χ4v) is 2.16. The highest BCUT2D eigenvalue weighted by Crippen LogP contribution is 2.24. The normalized spacial score (nSPS) is 16.8. The van der Waals surface area contributed by atoms with Crippen LogP contribution in [0.1, 0.15) is 0 Å². The summed E-state index contributed by atoms with van der Waals surface area (Å²) in [6.07, 6.45) is 1.68. The molecule has 7 heteroatoms. The van der Waals surface area contributed by atoms with Crippen LogP contribution in [0.2, 0.25) is 0 Å². The van der Waals surface area contributed by atoms with Gasteiger partial charge < -0.3 is 16.4 Å². The molecule has 84 valence electrons. The second-order valence-electron chi connectivity index (χ2n) is 3.93. The lowest BCUT2D eigenvalue weighted by atomic mass is 10.1. The molecule has 3 heterocycles. The number of anilines is 2. The molecule has 1 saturated heterocycles. The number of fused-ring (bicyclic) bond motifs is 1. The van der Waals surface area contributed by atoms with Gasteiger partial charge in [-0.15, -0.1) is 0 Å². The van der Waals surface area contributed by atoms with E-state index in [4.69, 9.17) is 11.5 Å². The third kappa shape index (κ3) is 1.35. The van der Waals surface area contributed by atoms with Gasteiger partial charge in [0.2, 0.25) is 0 Å². The Balaban J connectivity index is 2.09. The van der Waals surface area contributed by atoms with Gasteiger partial charge in [-0.25, -0.2) is 4.98 Å². The molecule has 0 unspecified atom stereocenters. The van der Waals surface area contributed by atoms with E-state index in [1.807, 2.05) is 6.07 Å². The summed E-state index contributed by atoms with van der Waals surface area (Å²) in [5.41, 5.74) is 12.4. The number of nitrogens with zero attached hydrogens (tertiary/aromatic N) is 4. The third-order valence-corrected chi connectivity index (χ3v) is 3.24. The second kappa shape index (κ2) is 3.33. The number of aromatic nitrogens is 3. The maximum Gasteiger partial charge on any atom is 0.173 e. The topological polar surface area (TPSA) is 85.5 Å². The van der Waals surface area contributed by atoms with E-state index < -0.39 is 0 Å². The summed E-state index contributed by atoms with van der Waals surface area (Å²) in [6, 6.07) is 2.06. The van der Waals surface area contributed by atoms with Crippen molar-refractivity contribution in [2.24, 2.45) is 5.73 Å². The smallest absolute Gasteiger partial charge is 0.173 e. The zero-order chi connectivity index (χ0) is 11.3. The Morgan fingerprint density at radius 1 is 1.44 bits per heavy atom. The SMILES string of the molecule is Nc1cc(N2CC(N)C2)nc2c(Br)cnn12. The molecule has 0 spiro atoms. The molecule has 1 aliphatic heterocycles. The van der Waals surface area contributed by atoms with Crippen molar-refractivity contribution in [2.75, 3.05) is 23.7 Å². The fraction of sp³-hybridized carbons (Fsp3) is 0.333. The molecule has 2 aromatic rings. The molecule has 3 rings (SSSR count). The highest BCUT2D eigenvalue weighted by Gasteiger charge is 2.25. The first kappa shape index (κ1) is 9.86. The van der Waals surface area contributed by atoms with Crippen molar-refractivity contribution in [2.45, 2.75) is 6.04 Å². The molecular formula is C9H11BrN6. The van der Waals surface area contributed by atoms with Crippen molar-refractivity contribution in [3.8, 4) is 0 Å². The van der Waals surface area contributed by atoms with Gasteiger partial charge in [0, 0.05) is 25.2 Å². The lowest BCUT2D eigenvalue weighted by Gasteiger charge is -2.37. The van der Waals surface area contributed by atoms with E-state index in [1.165, 1.54) is 0 Å². The Morgan fingerprint density at radius 2 is 2.19 bits per heavy atom. The molecule has 0 radical (unpaired) electrons. The molecule has 1 fully saturated rings. The standard InChI is InChI=1S/C9H11BrN6/c10-6-2-13-16-7(12)1-8(14-9(6)16)15-3-5(11)4-15/h1-2,5H,3-4,11-12H2. The minimum atomic E-state index is 0.243. The Hall–Kier alpha value is -1.34. The number of rotatable bonds is 1. The molecule has 0 atom stereocenters. The van der Waals surface area contributed by atoms with Crippen LogP contribution in [0.25, 0.3) is 5.65 Å². The minimum Gasteiger partial charge on any atom is -0.383 e. The average Bonchev–Trinajstić information content (AvgIpc) is 2.56. The van der Waals surface area contributed by atoms with Crippen LogP contribution in [0.4, 0.5) is 11.6 Å². The molecule has 4 N–H and O–H groups in total. The van der Waals surface area contributed by atoms with Gasteiger partial charge in [0.05, 0.1) is 10.7 Å². The van der Waals surface area contributed by atoms with Crippen molar-refractivity contribution in [1.82, 2.24) is 14.6 Å². The van der Waals surface area contributed by atoms with E-state index in [2.05, 4.69) is 30.9 Å². The first-order chi connectivity index (χ1) is 7.65. The van der Waals surface area contributed by atoms with Gasteiger partial charge in [0.1, 0.15) is 11.6 Å². The van der Waals surface area contributed by atoms with Gasteiger partial charge in [-0.05, 0) is 15.9 Å². The molecule has 2 aromatic heterocycles. The first-order valence-electron chi connectivity index (χ1n) is 4.95. The maximum atomic E-state index is 5.90. The summed E-state index contributed by atoms with van der Waals surface area (Å²) in [4.78, 5) is 6.59. The summed E-state index contributed by atoms with van der Waals surface area (Å²) in [7, 11) is 0. The summed E-state index contributed by atoms with van der Waals surface area (Å²) in [5, 5.41) is 4.12. The predicted octanol–water partition coefficient (Wildman–Crippen LogP) is 0.221. The fourth-order valence-electron chi connectivity index (χ4n) is 1.81. The largest absolute Gasteiger partial charge is 0.383 e. The molecule has 0 aromatic carbocycles. The van der Waals surface area contributed by atoms with E-state index in [0.717, 1.165) is 29.0 Å². The number of nitrogens with two attached hydrogens (primary N) is 2. The van der Waals surface area contributed by atoms with Crippen LogP contribution >= 0.6 is 15.9 Å². The maximum absolute atomic E-state index is 5.90. The lowest BCUT2D eigenvalue weighted by molar-refractivity contribution is 0.514. The van der Waals surface area contributed by atoms with Crippen molar-refractivity contribution in [3.63, 3.8) is 0 Å². The van der Waals surface area contributed by atoms with Gasteiger partial charge in [-0.3, -0.25) is 0 Å². The predicted molar refractivity (Wildman–Crippen MR) is 65.3 cm³/mol. The van der Waals surface area contributed by atoms with Crippen LogP contribution < -0.4 is 16.4 Å². The van der Waals surface area contributed by atoms with Gasteiger partial charge in [-0.2, -0.15) is 9.61 Å². The Morgan fingerprint density at radius 3 is 2.88 bits per heavy atom. The number of hydrogen-bond donors (Lipinski definition) is 2. The molecule has 0 bridgehead atoms. The van der Waals surface area contributed by atoms with Crippen molar-refractivity contribution < 1.29 is 0 Å². The molecular weight excluding hydrogens is 272 g/mol. The Kier molecular flexibility index (Phi) is 2.05. The molecule has 6 nitrogen and oxygen atoms in total. The zero-order valence-electron chi connectivity index (χ0n) is 8.47. The monoisotopic (exact) mass is 282 g/mol. The van der Waals surface area contributed by atoms with Crippen LogP contribution in [0, 0.1) is 0 Å². The van der Waals surface area contributed by atoms with Gasteiger partial charge in [0.25, 0.3) is 0 Å². The third-order valence-electron chi connectivity index (χ3n) is 2.68. The van der Waals surface area contributed by atoms with Crippen LogP contribution in [-0.2, 0) is 0 Å². The van der Waals surface area contributed by atoms with E-state index in [1.54, 1.807) is 10.7 Å². The summed E-state index contributed by atoms with van der Waals surface area (Å²) >= 11 is 3.39. The molecule has 16 heavy (non-hydrogen) atoms. The van der Waals surface area contributed by atoms with Gasteiger partial charge in [-0.1, -0.05) is 0 Å². The summed E-state index contributed by atoms with van der Waals surface area (Å²) < 4.78 is 2.44. The van der Waals surface area contributed by atoms with Crippen LogP contribution in [0.3, 0.4) is 0 Å². The number of nitrogen functional groups attached to an aromatic ring is 1. The molecule has 0 amide bonds. The van der Waals surface area contributed by atoms with Crippen molar-refractivity contribution in [1.29, 1.82) is 0 Å². The highest BCUT2D eigenvalue weighted by molar-refractivity contribution is 9.10.